The number of nitrogens with zero attached hydrogens (tertiary/aromatic N) is 2. The number of hydrogen-bond donors (Lipinski definition) is 1. The summed E-state index contributed by atoms with van der Waals surface area (Å²) < 4.78 is 4.47. The van der Waals surface area contributed by atoms with Crippen molar-refractivity contribution in [1.29, 1.82) is 0 Å². The standard InChI is InChI=1S/C12H13ClN2O5/c1-20-11(16)3-2-4-14-7-8-5-9(13)6-10(12(8)17)15(18)19/h5-7,17H,2-4H2,1H3. The van der Waals surface area contributed by atoms with E-state index >= 15 is 0 Å². The quantitative estimate of drug-likeness (QED) is 0.285. The average molecular weight is 301 g/mol. The Bertz CT molecular complexity index is 545. The maximum atomic E-state index is 10.9. The number of benzene rings is 1. The number of nitro benzene ring substituents is 1. The predicted molar refractivity (Wildman–Crippen MR) is 73.5 cm³/mol. The molecule has 8 heteroatoms. The minimum atomic E-state index is -0.726. The summed E-state index contributed by atoms with van der Waals surface area (Å²) in [4.78, 5) is 24.8. The van der Waals surface area contributed by atoms with Crippen LogP contribution in [0.15, 0.2) is 17.1 Å². The number of hydrogen-bond acceptors (Lipinski definition) is 6. The number of phenolic OH excluding ortho intramolecular Hbond substituents is 1. The zero-order valence-corrected chi connectivity index (χ0v) is 11.5. The molecule has 1 N–H and O–H groups in total. The maximum Gasteiger partial charge on any atom is 0.312 e. The van der Waals surface area contributed by atoms with Gasteiger partial charge in [-0.3, -0.25) is 19.9 Å². The summed E-state index contributed by atoms with van der Waals surface area (Å²) in [6.45, 7) is 0.328. The highest BCUT2D eigenvalue weighted by atomic mass is 35.5. The van der Waals surface area contributed by atoms with E-state index in [1.807, 2.05) is 0 Å². The van der Waals surface area contributed by atoms with Crippen LogP contribution in [0.3, 0.4) is 0 Å². The smallest absolute Gasteiger partial charge is 0.312 e. The van der Waals surface area contributed by atoms with Crippen molar-refractivity contribution in [2.45, 2.75) is 12.8 Å². The van der Waals surface area contributed by atoms with Gasteiger partial charge in [-0.15, -0.1) is 0 Å². The maximum absolute atomic E-state index is 10.9. The van der Waals surface area contributed by atoms with Crippen molar-refractivity contribution < 1.29 is 19.6 Å². The summed E-state index contributed by atoms with van der Waals surface area (Å²) in [5.74, 6) is -0.822. The molecule has 0 aliphatic rings. The van der Waals surface area contributed by atoms with E-state index in [4.69, 9.17) is 11.6 Å². The highest BCUT2D eigenvalue weighted by molar-refractivity contribution is 6.31. The zero-order valence-electron chi connectivity index (χ0n) is 10.7. The van der Waals surface area contributed by atoms with Gasteiger partial charge in [-0.25, -0.2) is 0 Å². The summed E-state index contributed by atoms with van der Waals surface area (Å²) in [6.07, 6.45) is 1.99. The first-order valence-corrected chi connectivity index (χ1v) is 6.07. The van der Waals surface area contributed by atoms with Gasteiger partial charge in [-0.2, -0.15) is 0 Å². The number of esters is 1. The first-order chi connectivity index (χ1) is 9.45. The second kappa shape index (κ2) is 7.44. The topological polar surface area (TPSA) is 102 Å². The Morgan fingerprint density at radius 3 is 2.90 bits per heavy atom. The van der Waals surface area contributed by atoms with Gasteiger partial charge in [-0.1, -0.05) is 11.6 Å². The number of phenols is 1. The second-order valence-corrected chi connectivity index (χ2v) is 4.27. The molecule has 0 atom stereocenters. The Kier molecular flexibility index (Phi) is 5.92. The normalized spacial score (nSPS) is 10.7. The van der Waals surface area contributed by atoms with E-state index in [9.17, 15) is 20.0 Å². The van der Waals surface area contributed by atoms with Crippen LogP contribution in [-0.4, -0.2) is 35.9 Å². The number of nitro groups is 1. The lowest BCUT2D eigenvalue weighted by Gasteiger charge is -2.01. The molecule has 0 aliphatic carbocycles. The SMILES string of the molecule is COC(=O)CCCN=Cc1cc(Cl)cc([N+](=O)[O-])c1O. The van der Waals surface area contributed by atoms with E-state index in [0.29, 0.717) is 13.0 Å². The van der Waals surface area contributed by atoms with Crippen molar-refractivity contribution in [1.82, 2.24) is 0 Å². The molecule has 0 aromatic heterocycles. The van der Waals surface area contributed by atoms with Gasteiger partial charge in [-0.05, 0) is 12.5 Å². The Morgan fingerprint density at radius 2 is 2.30 bits per heavy atom. The molecule has 0 saturated heterocycles. The lowest BCUT2D eigenvalue weighted by molar-refractivity contribution is -0.385. The van der Waals surface area contributed by atoms with Crippen LogP contribution in [0, 0.1) is 10.1 Å². The first-order valence-electron chi connectivity index (χ1n) is 5.69. The number of carbonyl (C=O) groups excluding carboxylic acids is 1. The van der Waals surface area contributed by atoms with Gasteiger partial charge >= 0.3 is 11.7 Å². The summed E-state index contributed by atoms with van der Waals surface area (Å²) in [5.41, 5.74) is -0.323. The molecule has 1 rings (SSSR count). The highest BCUT2D eigenvalue weighted by Crippen LogP contribution is 2.32. The molecule has 0 amide bonds. The van der Waals surface area contributed by atoms with E-state index in [-0.39, 0.29) is 23.0 Å². The molecule has 0 fully saturated rings. The van der Waals surface area contributed by atoms with Crippen molar-refractivity contribution in [2.75, 3.05) is 13.7 Å². The summed E-state index contributed by atoms with van der Waals surface area (Å²) >= 11 is 5.73. The highest BCUT2D eigenvalue weighted by Gasteiger charge is 2.17. The Morgan fingerprint density at radius 1 is 1.60 bits per heavy atom. The van der Waals surface area contributed by atoms with Crippen LogP contribution in [0.2, 0.25) is 5.02 Å². The van der Waals surface area contributed by atoms with Crippen LogP contribution in [-0.2, 0) is 9.53 Å². The van der Waals surface area contributed by atoms with Crippen molar-refractivity contribution in [3.05, 3.63) is 32.8 Å². The number of rotatable bonds is 6. The van der Waals surface area contributed by atoms with Crippen LogP contribution in [0.5, 0.6) is 5.75 Å². The minimum absolute atomic E-state index is 0.130. The van der Waals surface area contributed by atoms with E-state index in [2.05, 4.69) is 9.73 Å². The molecule has 1 aromatic carbocycles. The fraction of sp³-hybridized carbons (Fsp3) is 0.333. The van der Waals surface area contributed by atoms with Crippen LogP contribution in [0.4, 0.5) is 5.69 Å². The van der Waals surface area contributed by atoms with Gasteiger partial charge < -0.3 is 9.84 Å². The van der Waals surface area contributed by atoms with Gasteiger partial charge in [0.05, 0.1) is 12.0 Å². The molecule has 0 saturated carbocycles. The Labute approximate surface area is 120 Å². The molecule has 1 aromatic rings. The molecule has 0 unspecified atom stereocenters. The lowest BCUT2D eigenvalue weighted by atomic mass is 10.2. The molecule has 20 heavy (non-hydrogen) atoms. The average Bonchev–Trinajstić information content (AvgIpc) is 2.40. The van der Waals surface area contributed by atoms with Crippen molar-refractivity contribution in [3.8, 4) is 5.75 Å². The van der Waals surface area contributed by atoms with E-state index < -0.39 is 16.4 Å². The monoisotopic (exact) mass is 300 g/mol. The summed E-state index contributed by atoms with van der Waals surface area (Å²) in [7, 11) is 1.30. The molecular formula is C12H13ClN2O5. The fourth-order valence-electron chi connectivity index (χ4n) is 1.42. The minimum Gasteiger partial charge on any atom is -0.502 e. The third kappa shape index (κ3) is 4.51. The van der Waals surface area contributed by atoms with Crippen molar-refractivity contribution in [3.63, 3.8) is 0 Å². The van der Waals surface area contributed by atoms with E-state index in [0.717, 1.165) is 6.07 Å². The molecule has 0 bridgehead atoms. The summed E-state index contributed by atoms with van der Waals surface area (Å²) in [5, 5.41) is 20.5. The van der Waals surface area contributed by atoms with Gasteiger partial charge in [0.2, 0.25) is 5.75 Å². The molecule has 108 valence electrons. The Hall–Kier alpha value is -2.15. The molecule has 0 spiro atoms. The van der Waals surface area contributed by atoms with Gasteiger partial charge in [0.1, 0.15) is 0 Å². The number of ether oxygens (including phenoxy) is 1. The summed E-state index contributed by atoms with van der Waals surface area (Å²) in [6, 6.07) is 2.43. The van der Waals surface area contributed by atoms with Crippen LogP contribution in [0.1, 0.15) is 18.4 Å². The van der Waals surface area contributed by atoms with Crippen LogP contribution < -0.4 is 0 Å². The molecule has 0 aliphatic heterocycles. The number of aromatic hydroxyl groups is 1. The lowest BCUT2D eigenvalue weighted by Crippen LogP contribution is -2.00. The second-order valence-electron chi connectivity index (χ2n) is 3.83. The number of carbonyl (C=O) groups is 1. The Balaban J connectivity index is 2.72. The molecule has 0 radical (unpaired) electrons. The van der Waals surface area contributed by atoms with Gasteiger partial charge in [0, 0.05) is 35.8 Å². The third-order valence-electron chi connectivity index (χ3n) is 2.41. The molecule has 0 heterocycles. The predicted octanol–water partition coefficient (Wildman–Crippen LogP) is 2.33. The van der Waals surface area contributed by atoms with E-state index in [1.165, 1.54) is 19.4 Å². The number of halogens is 1. The third-order valence-corrected chi connectivity index (χ3v) is 2.63. The van der Waals surface area contributed by atoms with E-state index in [1.54, 1.807) is 0 Å². The van der Waals surface area contributed by atoms with Crippen LogP contribution in [0.25, 0.3) is 0 Å². The fourth-order valence-corrected chi connectivity index (χ4v) is 1.64. The van der Waals surface area contributed by atoms with Gasteiger partial charge in [0.25, 0.3) is 0 Å². The number of aliphatic imine (C=N–C) groups is 1. The molecule has 7 nitrogen and oxygen atoms in total. The zero-order chi connectivity index (χ0) is 15.1. The van der Waals surface area contributed by atoms with Crippen molar-refractivity contribution in [2.24, 2.45) is 4.99 Å². The van der Waals surface area contributed by atoms with Gasteiger partial charge in [0.15, 0.2) is 0 Å². The first kappa shape index (κ1) is 15.9. The van der Waals surface area contributed by atoms with Crippen molar-refractivity contribution >= 4 is 29.5 Å². The molecular weight excluding hydrogens is 288 g/mol. The largest absolute Gasteiger partial charge is 0.502 e. The number of methoxy groups -OCH3 is 1. The van der Waals surface area contributed by atoms with Crippen LogP contribution >= 0.6 is 11.6 Å².